The van der Waals surface area contributed by atoms with Crippen LogP contribution in [0, 0.1) is 13.8 Å². The molecule has 2 aromatic rings. The average molecular weight is 348 g/mol. The van der Waals surface area contributed by atoms with Crippen LogP contribution in [0.15, 0.2) is 54.1 Å². The molecule has 0 aliphatic carbocycles. The maximum atomic E-state index is 12.2. The van der Waals surface area contributed by atoms with E-state index in [2.05, 4.69) is 13.0 Å². The highest BCUT2D eigenvalue weighted by molar-refractivity contribution is 6.05. The summed E-state index contributed by atoms with van der Waals surface area (Å²) in [4.78, 5) is 12.2. The Labute approximate surface area is 155 Å². The summed E-state index contributed by atoms with van der Waals surface area (Å²) in [5.74, 6) is 1.14. The third-order valence-electron chi connectivity index (χ3n) is 4.34. The molecule has 0 spiro atoms. The maximum Gasteiger partial charge on any atom is 0.343 e. The van der Waals surface area contributed by atoms with E-state index in [1.54, 1.807) is 0 Å². The lowest BCUT2D eigenvalue weighted by atomic mass is 10.0. The molecule has 3 nitrogen and oxygen atoms in total. The van der Waals surface area contributed by atoms with Crippen molar-refractivity contribution in [2.24, 2.45) is 0 Å². The Morgan fingerprint density at radius 1 is 1.08 bits per heavy atom. The van der Waals surface area contributed by atoms with Crippen molar-refractivity contribution in [2.45, 2.75) is 33.6 Å². The monoisotopic (exact) mass is 348 g/mol. The molecule has 0 bridgehead atoms. The van der Waals surface area contributed by atoms with Gasteiger partial charge in [0.15, 0.2) is 0 Å². The molecule has 1 aliphatic rings. The molecule has 134 valence electrons. The molecule has 26 heavy (non-hydrogen) atoms. The summed E-state index contributed by atoms with van der Waals surface area (Å²) < 4.78 is 11.1. The quantitative estimate of drug-likeness (QED) is 0.395. The fourth-order valence-electron chi connectivity index (χ4n) is 2.89. The zero-order chi connectivity index (χ0) is 18.5. The first-order valence-corrected chi connectivity index (χ1v) is 9.03. The van der Waals surface area contributed by atoms with Crippen molar-refractivity contribution in [3.05, 3.63) is 76.4 Å². The summed E-state index contributed by atoms with van der Waals surface area (Å²) in [5.41, 5.74) is 4.73. The van der Waals surface area contributed by atoms with Gasteiger partial charge in [0.2, 0.25) is 0 Å². The highest BCUT2D eigenvalue weighted by Gasteiger charge is 2.22. The fourth-order valence-corrected chi connectivity index (χ4v) is 2.89. The maximum absolute atomic E-state index is 12.2. The second-order valence-corrected chi connectivity index (χ2v) is 6.59. The summed E-state index contributed by atoms with van der Waals surface area (Å²) in [6, 6.07) is 13.9. The molecule has 0 fully saturated rings. The standard InChI is InChI=1S/C23H24O3/c1-4-5-12-25-20-9-7-18(8-10-20)14-19-15-22(26-23(19)24)21-11-6-16(2)13-17(21)3/h6-11,13-15H,4-5,12H2,1-3H3/b19-14+. The number of esters is 1. The summed E-state index contributed by atoms with van der Waals surface area (Å²) in [7, 11) is 0. The van der Waals surface area contributed by atoms with Crippen LogP contribution in [-0.2, 0) is 9.53 Å². The molecule has 0 radical (unpaired) electrons. The van der Waals surface area contributed by atoms with E-state index in [1.807, 2.05) is 62.4 Å². The van der Waals surface area contributed by atoms with Gasteiger partial charge in [0.1, 0.15) is 11.5 Å². The molecule has 2 aromatic carbocycles. The van der Waals surface area contributed by atoms with Gasteiger partial charge in [-0.25, -0.2) is 4.79 Å². The minimum atomic E-state index is -0.316. The third-order valence-corrected chi connectivity index (χ3v) is 4.34. The Bertz CT molecular complexity index is 858. The summed E-state index contributed by atoms with van der Waals surface area (Å²) in [6.45, 7) is 6.94. The van der Waals surface area contributed by atoms with Gasteiger partial charge in [0.25, 0.3) is 0 Å². The minimum absolute atomic E-state index is 0.316. The van der Waals surface area contributed by atoms with E-state index in [1.165, 1.54) is 5.56 Å². The topological polar surface area (TPSA) is 35.5 Å². The number of hydrogen-bond donors (Lipinski definition) is 0. The summed E-state index contributed by atoms with van der Waals surface area (Å²) in [5, 5.41) is 0. The lowest BCUT2D eigenvalue weighted by Gasteiger charge is -2.06. The van der Waals surface area contributed by atoms with Gasteiger partial charge in [-0.15, -0.1) is 0 Å². The van der Waals surface area contributed by atoms with Crippen LogP contribution in [0.25, 0.3) is 11.8 Å². The van der Waals surface area contributed by atoms with E-state index in [0.717, 1.165) is 41.9 Å². The van der Waals surface area contributed by atoms with Crippen LogP contribution < -0.4 is 4.74 Å². The molecule has 0 N–H and O–H groups in total. The lowest BCUT2D eigenvalue weighted by Crippen LogP contribution is -1.98. The second-order valence-electron chi connectivity index (χ2n) is 6.59. The van der Waals surface area contributed by atoms with Gasteiger partial charge >= 0.3 is 5.97 Å². The third kappa shape index (κ3) is 4.23. The van der Waals surface area contributed by atoms with Gasteiger partial charge in [-0.2, -0.15) is 0 Å². The number of cyclic esters (lactones) is 1. The molecule has 0 amide bonds. The van der Waals surface area contributed by atoms with E-state index in [0.29, 0.717) is 11.3 Å². The van der Waals surface area contributed by atoms with Crippen molar-refractivity contribution in [1.29, 1.82) is 0 Å². The van der Waals surface area contributed by atoms with Gasteiger partial charge in [-0.05, 0) is 55.7 Å². The van der Waals surface area contributed by atoms with Crippen LogP contribution >= 0.6 is 0 Å². The van der Waals surface area contributed by atoms with Crippen LogP contribution in [0.2, 0.25) is 0 Å². The van der Waals surface area contributed by atoms with Gasteiger partial charge in [0, 0.05) is 5.56 Å². The normalized spacial score (nSPS) is 15.1. The van der Waals surface area contributed by atoms with Gasteiger partial charge < -0.3 is 9.47 Å². The van der Waals surface area contributed by atoms with Crippen LogP contribution in [0.5, 0.6) is 5.75 Å². The second kappa shape index (κ2) is 8.05. The first-order chi connectivity index (χ1) is 12.6. The first kappa shape index (κ1) is 18.0. The van der Waals surface area contributed by atoms with Crippen molar-refractivity contribution in [1.82, 2.24) is 0 Å². The van der Waals surface area contributed by atoms with Crippen molar-refractivity contribution in [3.63, 3.8) is 0 Å². The SMILES string of the molecule is CCCCOc1ccc(/C=C2\C=C(c3ccc(C)cc3C)OC2=O)cc1. The van der Waals surface area contributed by atoms with Crippen molar-refractivity contribution >= 4 is 17.8 Å². The van der Waals surface area contributed by atoms with E-state index >= 15 is 0 Å². The molecule has 3 heteroatoms. The molecular weight excluding hydrogens is 324 g/mol. The number of carbonyl (C=O) groups is 1. The molecule has 0 saturated heterocycles. The number of ether oxygens (including phenoxy) is 2. The Morgan fingerprint density at radius 2 is 1.85 bits per heavy atom. The molecule has 0 atom stereocenters. The molecule has 1 heterocycles. The lowest BCUT2D eigenvalue weighted by molar-refractivity contribution is -0.130. The predicted octanol–water partition coefficient (Wildman–Crippen LogP) is 5.46. The number of unbranched alkanes of at least 4 members (excludes halogenated alkanes) is 1. The van der Waals surface area contributed by atoms with Crippen LogP contribution in [0.1, 0.15) is 42.0 Å². The number of rotatable bonds is 6. The van der Waals surface area contributed by atoms with Gasteiger partial charge in [-0.1, -0.05) is 49.2 Å². The molecule has 0 saturated carbocycles. The highest BCUT2D eigenvalue weighted by atomic mass is 16.5. The fraction of sp³-hybridized carbons (Fsp3) is 0.261. The zero-order valence-electron chi connectivity index (χ0n) is 15.5. The Morgan fingerprint density at radius 3 is 2.54 bits per heavy atom. The Kier molecular flexibility index (Phi) is 5.57. The summed E-state index contributed by atoms with van der Waals surface area (Å²) in [6.07, 6.45) is 5.81. The smallest absolute Gasteiger partial charge is 0.343 e. The van der Waals surface area contributed by atoms with Crippen molar-refractivity contribution in [2.75, 3.05) is 6.61 Å². The number of aryl methyl sites for hydroxylation is 2. The predicted molar refractivity (Wildman–Crippen MR) is 105 cm³/mol. The molecule has 0 aromatic heterocycles. The average Bonchev–Trinajstić information content (AvgIpc) is 2.97. The van der Waals surface area contributed by atoms with E-state index in [9.17, 15) is 4.79 Å². The number of hydrogen-bond acceptors (Lipinski definition) is 3. The Balaban J connectivity index is 1.78. The van der Waals surface area contributed by atoms with Crippen LogP contribution in [0.3, 0.4) is 0 Å². The van der Waals surface area contributed by atoms with Gasteiger partial charge in [0.05, 0.1) is 12.2 Å². The number of carbonyl (C=O) groups excluding carboxylic acids is 1. The van der Waals surface area contributed by atoms with E-state index in [-0.39, 0.29) is 5.97 Å². The zero-order valence-corrected chi connectivity index (χ0v) is 15.5. The van der Waals surface area contributed by atoms with Crippen LogP contribution in [0.4, 0.5) is 0 Å². The van der Waals surface area contributed by atoms with E-state index < -0.39 is 0 Å². The molecule has 3 rings (SSSR count). The first-order valence-electron chi connectivity index (χ1n) is 9.03. The molecule has 1 aliphatic heterocycles. The highest BCUT2D eigenvalue weighted by Crippen LogP contribution is 2.30. The summed E-state index contributed by atoms with van der Waals surface area (Å²) >= 11 is 0. The molecule has 0 unspecified atom stereocenters. The van der Waals surface area contributed by atoms with E-state index in [4.69, 9.17) is 9.47 Å². The van der Waals surface area contributed by atoms with Crippen molar-refractivity contribution in [3.8, 4) is 5.75 Å². The minimum Gasteiger partial charge on any atom is -0.494 e. The van der Waals surface area contributed by atoms with Gasteiger partial charge in [-0.3, -0.25) is 0 Å². The molecular formula is C23H24O3. The Hall–Kier alpha value is -2.81. The van der Waals surface area contributed by atoms with Crippen LogP contribution in [-0.4, -0.2) is 12.6 Å². The van der Waals surface area contributed by atoms with Crippen molar-refractivity contribution < 1.29 is 14.3 Å². The largest absolute Gasteiger partial charge is 0.494 e. The number of benzene rings is 2.